The van der Waals surface area contributed by atoms with Crippen LogP contribution in [0.5, 0.6) is 0 Å². The second-order valence-corrected chi connectivity index (χ2v) is 5.17. The van der Waals surface area contributed by atoms with Gasteiger partial charge in [-0.3, -0.25) is 14.2 Å². The van der Waals surface area contributed by atoms with Crippen molar-refractivity contribution in [2.45, 2.75) is 6.92 Å². The molecule has 0 saturated heterocycles. The van der Waals surface area contributed by atoms with Crippen LogP contribution in [0.4, 0.5) is 5.69 Å². The van der Waals surface area contributed by atoms with Crippen molar-refractivity contribution < 1.29 is 14.7 Å². The standard InChI is InChI=1S/C13H14N4O3S/c1-9-14-4-5-17(9)11-3-2-10(6-15-11)16-12(18)7-21-8-13(19)20/h2-6H,7-8H2,1H3,(H,16,18)(H,19,20). The van der Waals surface area contributed by atoms with E-state index in [9.17, 15) is 9.59 Å². The van der Waals surface area contributed by atoms with Crippen LogP contribution in [0.25, 0.3) is 5.82 Å². The molecule has 0 unspecified atom stereocenters. The molecular weight excluding hydrogens is 292 g/mol. The van der Waals surface area contributed by atoms with Gasteiger partial charge >= 0.3 is 5.97 Å². The van der Waals surface area contributed by atoms with Crippen LogP contribution < -0.4 is 5.32 Å². The predicted molar refractivity (Wildman–Crippen MR) is 79.7 cm³/mol. The molecule has 1 amide bonds. The van der Waals surface area contributed by atoms with Gasteiger partial charge in [0, 0.05) is 12.4 Å². The molecule has 7 nitrogen and oxygen atoms in total. The number of anilines is 1. The maximum atomic E-state index is 11.6. The van der Waals surface area contributed by atoms with Crippen LogP contribution in [-0.2, 0) is 9.59 Å². The summed E-state index contributed by atoms with van der Waals surface area (Å²) in [5, 5.41) is 11.2. The molecule has 8 heteroatoms. The van der Waals surface area contributed by atoms with Gasteiger partial charge in [0.05, 0.1) is 23.4 Å². The number of carbonyl (C=O) groups is 2. The van der Waals surface area contributed by atoms with Gasteiger partial charge in [0.25, 0.3) is 0 Å². The highest BCUT2D eigenvalue weighted by atomic mass is 32.2. The average Bonchev–Trinajstić information content (AvgIpc) is 2.85. The number of nitrogens with one attached hydrogen (secondary N) is 1. The lowest BCUT2D eigenvalue weighted by Gasteiger charge is -2.07. The van der Waals surface area contributed by atoms with E-state index in [4.69, 9.17) is 5.11 Å². The van der Waals surface area contributed by atoms with E-state index >= 15 is 0 Å². The Labute approximate surface area is 125 Å². The zero-order valence-corrected chi connectivity index (χ0v) is 12.1. The Balaban J connectivity index is 1.92. The molecule has 0 spiro atoms. The Hall–Kier alpha value is -2.35. The third-order valence-corrected chi connectivity index (χ3v) is 3.48. The smallest absolute Gasteiger partial charge is 0.313 e. The van der Waals surface area contributed by atoms with Crippen LogP contribution in [0.15, 0.2) is 30.7 Å². The van der Waals surface area contributed by atoms with Gasteiger partial charge in [0.2, 0.25) is 5.91 Å². The first-order valence-electron chi connectivity index (χ1n) is 6.12. The maximum Gasteiger partial charge on any atom is 0.313 e. The van der Waals surface area contributed by atoms with Crippen molar-refractivity contribution >= 4 is 29.3 Å². The number of nitrogens with zero attached hydrogens (tertiary/aromatic N) is 3. The fourth-order valence-corrected chi connectivity index (χ4v) is 2.18. The first-order valence-corrected chi connectivity index (χ1v) is 7.27. The Morgan fingerprint density at radius 3 is 2.71 bits per heavy atom. The topological polar surface area (TPSA) is 97.1 Å². The number of pyridine rings is 1. The SMILES string of the molecule is Cc1nccn1-c1ccc(NC(=O)CSCC(=O)O)cn1. The van der Waals surface area contributed by atoms with Crippen molar-refractivity contribution in [2.24, 2.45) is 0 Å². The van der Waals surface area contributed by atoms with Crippen molar-refractivity contribution in [3.8, 4) is 5.82 Å². The Bertz CT molecular complexity index is 639. The number of aromatic nitrogens is 3. The van der Waals surface area contributed by atoms with Crippen molar-refractivity contribution in [3.05, 3.63) is 36.5 Å². The van der Waals surface area contributed by atoms with Gasteiger partial charge in [-0.05, 0) is 19.1 Å². The predicted octanol–water partition coefficient (Wildman–Crippen LogP) is 1.33. The van der Waals surface area contributed by atoms with Gasteiger partial charge in [-0.2, -0.15) is 0 Å². The lowest BCUT2D eigenvalue weighted by Crippen LogP contribution is -2.15. The normalized spacial score (nSPS) is 10.3. The number of aryl methyl sites for hydroxylation is 1. The van der Waals surface area contributed by atoms with Crippen molar-refractivity contribution in [3.63, 3.8) is 0 Å². The third kappa shape index (κ3) is 4.32. The zero-order chi connectivity index (χ0) is 15.2. The number of hydrogen-bond acceptors (Lipinski definition) is 5. The molecule has 0 saturated carbocycles. The summed E-state index contributed by atoms with van der Waals surface area (Å²) in [7, 11) is 0. The Morgan fingerprint density at radius 1 is 1.33 bits per heavy atom. The van der Waals surface area contributed by atoms with E-state index in [-0.39, 0.29) is 17.4 Å². The number of carboxylic acid groups (broad SMARTS) is 1. The van der Waals surface area contributed by atoms with E-state index in [0.29, 0.717) is 11.5 Å². The minimum atomic E-state index is -0.936. The molecule has 110 valence electrons. The van der Waals surface area contributed by atoms with Gasteiger partial charge < -0.3 is 10.4 Å². The average molecular weight is 306 g/mol. The second-order valence-electron chi connectivity index (χ2n) is 4.18. The fraction of sp³-hybridized carbons (Fsp3) is 0.231. The lowest BCUT2D eigenvalue weighted by molar-refractivity contribution is -0.133. The van der Waals surface area contributed by atoms with Crippen LogP contribution in [-0.4, -0.2) is 43.0 Å². The summed E-state index contributed by atoms with van der Waals surface area (Å²) in [6.07, 6.45) is 5.04. The van der Waals surface area contributed by atoms with E-state index in [1.807, 2.05) is 11.5 Å². The summed E-state index contributed by atoms with van der Waals surface area (Å²) in [4.78, 5) is 30.3. The number of amides is 1. The zero-order valence-electron chi connectivity index (χ0n) is 11.3. The molecule has 2 aromatic heterocycles. The molecule has 0 aliphatic heterocycles. The number of aliphatic carboxylic acids is 1. The lowest BCUT2D eigenvalue weighted by atomic mass is 10.4. The highest BCUT2D eigenvalue weighted by molar-refractivity contribution is 8.00. The second kappa shape index (κ2) is 6.89. The number of rotatable bonds is 6. The number of thioether (sulfide) groups is 1. The third-order valence-electron chi connectivity index (χ3n) is 2.56. The molecule has 0 radical (unpaired) electrons. The van der Waals surface area contributed by atoms with Crippen LogP contribution in [0.1, 0.15) is 5.82 Å². The van der Waals surface area contributed by atoms with E-state index in [1.54, 1.807) is 30.7 Å². The van der Waals surface area contributed by atoms with Gasteiger partial charge in [0.1, 0.15) is 11.6 Å². The number of carbonyl (C=O) groups excluding carboxylic acids is 1. The summed E-state index contributed by atoms with van der Waals surface area (Å²) in [5.74, 6) is 0.343. The fourth-order valence-electron chi connectivity index (χ4n) is 1.65. The molecule has 2 rings (SSSR count). The van der Waals surface area contributed by atoms with Crippen LogP contribution in [0.2, 0.25) is 0 Å². The number of carboxylic acids is 1. The van der Waals surface area contributed by atoms with E-state index < -0.39 is 5.97 Å². The molecule has 0 fully saturated rings. The van der Waals surface area contributed by atoms with Gasteiger partial charge in [-0.25, -0.2) is 9.97 Å². The highest BCUT2D eigenvalue weighted by Crippen LogP contribution is 2.12. The quantitative estimate of drug-likeness (QED) is 0.835. The first-order chi connectivity index (χ1) is 10.1. The molecule has 0 aromatic carbocycles. The summed E-state index contributed by atoms with van der Waals surface area (Å²) in [6, 6.07) is 3.51. The van der Waals surface area contributed by atoms with Crippen LogP contribution in [0, 0.1) is 6.92 Å². The van der Waals surface area contributed by atoms with Crippen molar-refractivity contribution in [1.29, 1.82) is 0 Å². The number of imidazole rings is 1. The minimum absolute atomic E-state index is 0.0919. The van der Waals surface area contributed by atoms with E-state index in [0.717, 1.165) is 17.6 Å². The summed E-state index contributed by atoms with van der Waals surface area (Å²) in [5.41, 5.74) is 0.567. The molecule has 2 N–H and O–H groups in total. The van der Waals surface area contributed by atoms with E-state index in [2.05, 4.69) is 15.3 Å². The Kier molecular flexibility index (Phi) is 4.94. The molecule has 2 heterocycles. The largest absolute Gasteiger partial charge is 0.481 e. The van der Waals surface area contributed by atoms with Crippen molar-refractivity contribution in [1.82, 2.24) is 14.5 Å². The molecule has 0 bridgehead atoms. The summed E-state index contributed by atoms with van der Waals surface area (Å²) >= 11 is 1.05. The molecule has 0 atom stereocenters. The summed E-state index contributed by atoms with van der Waals surface area (Å²) < 4.78 is 1.83. The Morgan fingerprint density at radius 2 is 2.14 bits per heavy atom. The van der Waals surface area contributed by atoms with Gasteiger partial charge in [0.15, 0.2) is 0 Å². The van der Waals surface area contributed by atoms with E-state index in [1.165, 1.54) is 0 Å². The van der Waals surface area contributed by atoms with Crippen LogP contribution in [0.3, 0.4) is 0 Å². The highest BCUT2D eigenvalue weighted by Gasteiger charge is 2.06. The van der Waals surface area contributed by atoms with Crippen molar-refractivity contribution in [2.75, 3.05) is 16.8 Å². The molecular formula is C13H14N4O3S. The summed E-state index contributed by atoms with van der Waals surface area (Å²) in [6.45, 7) is 1.87. The minimum Gasteiger partial charge on any atom is -0.481 e. The molecule has 21 heavy (non-hydrogen) atoms. The maximum absolute atomic E-state index is 11.6. The number of hydrogen-bond donors (Lipinski definition) is 2. The molecule has 0 aliphatic rings. The van der Waals surface area contributed by atoms with Gasteiger partial charge in [-0.1, -0.05) is 0 Å². The molecule has 0 aliphatic carbocycles. The first kappa shape index (κ1) is 15.0. The van der Waals surface area contributed by atoms with Gasteiger partial charge in [-0.15, -0.1) is 11.8 Å². The van der Waals surface area contributed by atoms with Crippen LogP contribution >= 0.6 is 11.8 Å². The monoisotopic (exact) mass is 306 g/mol. The molecule has 2 aromatic rings.